The van der Waals surface area contributed by atoms with Gasteiger partial charge >= 0.3 is 5.69 Å². The van der Waals surface area contributed by atoms with Crippen molar-refractivity contribution in [2.45, 2.75) is 19.3 Å². The molecule has 6 heteroatoms. The van der Waals surface area contributed by atoms with Crippen molar-refractivity contribution >= 4 is 11.5 Å². The molecule has 0 aliphatic heterocycles. The highest BCUT2D eigenvalue weighted by Crippen LogP contribution is 2.28. The maximum absolute atomic E-state index is 10.8. The zero-order valence-corrected chi connectivity index (χ0v) is 9.22. The molecule has 2 rings (SSSR count). The Kier molecular flexibility index (Phi) is 3.19. The molecule has 0 atom stereocenters. The van der Waals surface area contributed by atoms with Crippen LogP contribution in [0.3, 0.4) is 0 Å². The lowest BCUT2D eigenvalue weighted by molar-refractivity contribution is -0.384. The Hall–Kier alpha value is -2.16. The predicted molar refractivity (Wildman–Crippen MR) is 61.4 cm³/mol. The molecule has 0 unspecified atom stereocenters. The highest BCUT2D eigenvalue weighted by molar-refractivity contribution is 5.58. The topological polar surface area (TPSA) is 91.8 Å². The van der Waals surface area contributed by atoms with Crippen LogP contribution < -0.4 is 5.32 Å². The zero-order chi connectivity index (χ0) is 12.3. The van der Waals surface area contributed by atoms with E-state index in [0.717, 1.165) is 12.8 Å². The number of rotatable bonds is 4. The summed E-state index contributed by atoms with van der Waals surface area (Å²) in [6, 6.07) is 3.09. The van der Waals surface area contributed by atoms with Crippen molar-refractivity contribution in [2.24, 2.45) is 5.92 Å². The molecule has 1 heterocycles. The largest absolute Gasteiger partial charge is 0.364 e. The third-order valence-corrected chi connectivity index (χ3v) is 2.98. The van der Waals surface area contributed by atoms with Crippen LogP contribution in [0.1, 0.15) is 24.8 Å². The van der Waals surface area contributed by atoms with Gasteiger partial charge in [-0.25, -0.2) is 4.98 Å². The molecular weight excluding hydrogens is 220 g/mol. The minimum atomic E-state index is -0.517. The monoisotopic (exact) mass is 232 g/mol. The third-order valence-electron chi connectivity index (χ3n) is 2.98. The van der Waals surface area contributed by atoms with Gasteiger partial charge in [-0.2, -0.15) is 5.26 Å². The summed E-state index contributed by atoms with van der Waals surface area (Å²) in [7, 11) is 0. The normalized spacial score (nSPS) is 14.8. The quantitative estimate of drug-likeness (QED) is 0.633. The summed E-state index contributed by atoms with van der Waals surface area (Å²) in [6.45, 7) is 0.708. The molecule has 17 heavy (non-hydrogen) atoms. The molecule has 0 amide bonds. The maximum Gasteiger partial charge on any atom is 0.312 e. The van der Waals surface area contributed by atoms with Crippen molar-refractivity contribution in [3.8, 4) is 6.07 Å². The van der Waals surface area contributed by atoms with Gasteiger partial charge in [0.1, 0.15) is 6.07 Å². The van der Waals surface area contributed by atoms with Crippen LogP contribution in [-0.4, -0.2) is 16.5 Å². The zero-order valence-electron chi connectivity index (χ0n) is 9.22. The molecule has 0 aromatic carbocycles. The Labute approximate surface area is 98.4 Å². The van der Waals surface area contributed by atoms with Crippen LogP contribution in [0.25, 0.3) is 0 Å². The fourth-order valence-electron chi connectivity index (χ4n) is 1.73. The van der Waals surface area contributed by atoms with Crippen LogP contribution in [0.15, 0.2) is 12.3 Å². The number of anilines is 1. The highest BCUT2D eigenvalue weighted by atomic mass is 16.6. The molecule has 0 radical (unpaired) electrons. The second-order valence-electron chi connectivity index (χ2n) is 4.14. The van der Waals surface area contributed by atoms with Gasteiger partial charge in [-0.05, 0) is 18.8 Å². The van der Waals surface area contributed by atoms with Crippen LogP contribution in [0.5, 0.6) is 0 Å². The van der Waals surface area contributed by atoms with E-state index in [1.54, 1.807) is 0 Å². The van der Waals surface area contributed by atoms with Gasteiger partial charge in [-0.3, -0.25) is 10.1 Å². The van der Waals surface area contributed by atoms with Crippen molar-refractivity contribution < 1.29 is 4.92 Å². The van der Waals surface area contributed by atoms with Gasteiger partial charge in [0.05, 0.1) is 10.5 Å². The number of nitriles is 1. The first-order chi connectivity index (χ1) is 8.20. The number of aromatic nitrogens is 1. The van der Waals surface area contributed by atoms with Crippen LogP contribution in [0, 0.1) is 27.4 Å². The Morgan fingerprint density at radius 3 is 2.94 bits per heavy atom. The molecule has 1 N–H and O–H groups in total. The predicted octanol–water partition coefficient (Wildman–Crippen LogP) is 2.07. The number of nitrogens with zero attached hydrogens (tertiary/aromatic N) is 3. The van der Waals surface area contributed by atoms with E-state index in [2.05, 4.69) is 10.3 Å². The molecule has 0 spiro atoms. The van der Waals surface area contributed by atoms with Crippen LogP contribution in [0.4, 0.5) is 11.5 Å². The molecule has 88 valence electrons. The van der Waals surface area contributed by atoms with Crippen molar-refractivity contribution in [1.29, 1.82) is 5.26 Å². The van der Waals surface area contributed by atoms with E-state index in [4.69, 9.17) is 5.26 Å². The Morgan fingerprint density at radius 1 is 1.65 bits per heavy atom. The lowest BCUT2D eigenvalue weighted by atomic mass is 9.85. The van der Waals surface area contributed by atoms with E-state index in [9.17, 15) is 10.1 Å². The Balaban J connectivity index is 2.14. The molecular formula is C11H12N4O2. The first kappa shape index (κ1) is 11.3. The average Bonchev–Trinajstić information content (AvgIpc) is 2.27. The smallest absolute Gasteiger partial charge is 0.312 e. The van der Waals surface area contributed by atoms with Gasteiger partial charge in [0.15, 0.2) is 0 Å². The summed E-state index contributed by atoms with van der Waals surface area (Å²) in [6.07, 6.45) is 4.90. The van der Waals surface area contributed by atoms with E-state index in [1.807, 2.05) is 6.07 Å². The first-order valence-corrected chi connectivity index (χ1v) is 5.49. The van der Waals surface area contributed by atoms with E-state index in [0.29, 0.717) is 12.5 Å². The van der Waals surface area contributed by atoms with Gasteiger partial charge < -0.3 is 5.32 Å². The lowest BCUT2D eigenvalue weighted by Gasteiger charge is -2.25. The second-order valence-corrected chi connectivity index (χ2v) is 4.14. The van der Waals surface area contributed by atoms with E-state index >= 15 is 0 Å². The second kappa shape index (κ2) is 4.78. The molecule has 1 aliphatic carbocycles. The summed E-state index contributed by atoms with van der Waals surface area (Å²) in [5.74, 6) is 0.841. The van der Waals surface area contributed by atoms with Crippen molar-refractivity contribution in [3.63, 3.8) is 0 Å². The fourth-order valence-corrected chi connectivity index (χ4v) is 1.73. The standard InChI is InChI=1S/C11H12N4O2/c12-5-9-4-10(15(16)17)11(14-7-9)13-6-8-2-1-3-8/h4,7-8H,1-3,6H2,(H,13,14). The van der Waals surface area contributed by atoms with Gasteiger partial charge in [0, 0.05) is 18.8 Å². The molecule has 0 saturated heterocycles. The molecule has 1 aromatic rings. The third kappa shape index (κ3) is 2.50. The fraction of sp³-hybridized carbons (Fsp3) is 0.455. The van der Waals surface area contributed by atoms with Crippen LogP contribution in [-0.2, 0) is 0 Å². The Bertz CT molecular complexity index is 477. The Morgan fingerprint density at radius 2 is 2.41 bits per heavy atom. The summed E-state index contributed by atoms with van der Waals surface area (Å²) in [5, 5.41) is 22.5. The number of hydrogen-bond donors (Lipinski definition) is 1. The SMILES string of the molecule is N#Cc1cnc(NCC2CCC2)c([N+](=O)[O-])c1. The summed E-state index contributed by atoms with van der Waals surface area (Å²) in [4.78, 5) is 14.2. The summed E-state index contributed by atoms with van der Waals surface area (Å²) in [5.41, 5.74) is 0.0641. The first-order valence-electron chi connectivity index (χ1n) is 5.49. The molecule has 1 saturated carbocycles. The van der Waals surface area contributed by atoms with Crippen molar-refractivity contribution in [1.82, 2.24) is 4.98 Å². The molecule has 1 fully saturated rings. The summed E-state index contributed by atoms with van der Waals surface area (Å²) >= 11 is 0. The minimum Gasteiger partial charge on any atom is -0.364 e. The number of hydrogen-bond acceptors (Lipinski definition) is 5. The number of nitrogens with one attached hydrogen (secondary N) is 1. The molecule has 6 nitrogen and oxygen atoms in total. The van der Waals surface area contributed by atoms with Gasteiger partial charge in [0.25, 0.3) is 0 Å². The molecule has 0 bridgehead atoms. The summed E-state index contributed by atoms with van der Waals surface area (Å²) < 4.78 is 0. The number of nitro groups is 1. The lowest BCUT2D eigenvalue weighted by Crippen LogP contribution is -2.21. The van der Waals surface area contributed by atoms with Gasteiger partial charge in [0.2, 0.25) is 5.82 Å². The van der Waals surface area contributed by atoms with Crippen LogP contribution >= 0.6 is 0 Å². The highest BCUT2D eigenvalue weighted by Gasteiger charge is 2.20. The van der Waals surface area contributed by atoms with E-state index < -0.39 is 4.92 Å². The number of pyridine rings is 1. The van der Waals surface area contributed by atoms with E-state index in [1.165, 1.54) is 18.7 Å². The molecule has 1 aromatic heterocycles. The minimum absolute atomic E-state index is 0.136. The average molecular weight is 232 g/mol. The van der Waals surface area contributed by atoms with E-state index in [-0.39, 0.29) is 17.1 Å². The van der Waals surface area contributed by atoms with Gasteiger partial charge in [-0.15, -0.1) is 0 Å². The molecule has 1 aliphatic rings. The van der Waals surface area contributed by atoms with Crippen molar-refractivity contribution in [2.75, 3.05) is 11.9 Å². The maximum atomic E-state index is 10.8. The van der Waals surface area contributed by atoms with Gasteiger partial charge in [-0.1, -0.05) is 6.42 Å². The van der Waals surface area contributed by atoms with Crippen molar-refractivity contribution in [3.05, 3.63) is 27.9 Å². The van der Waals surface area contributed by atoms with Crippen LogP contribution in [0.2, 0.25) is 0 Å².